The third-order valence-corrected chi connectivity index (χ3v) is 10.1. The van der Waals surface area contributed by atoms with E-state index in [1.165, 1.54) is 44.8 Å². The van der Waals surface area contributed by atoms with Gasteiger partial charge in [0.15, 0.2) is 12.4 Å². The van der Waals surface area contributed by atoms with Crippen molar-refractivity contribution in [1.29, 1.82) is 0 Å². The minimum Gasteiger partial charge on any atom is -1.00 e. The van der Waals surface area contributed by atoms with Crippen LogP contribution in [0.2, 0.25) is 0 Å². The van der Waals surface area contributed by atoms with Crippen molar-refractivity contribution < 1.29 is 37.9 Å². The van der Waals surface area contributed by atoms with Crippen LogP contribution in [0.3, 0.4) is 0 Å². The number of rotatable bonds is 4. The van der Waals surface area contributed by atoms with E-state index in [1.807, 2.05) is 0 Å². The molecule has 41 heavy (non-hydrogen) atoms. The first-order valence-corrected chi connectivity index (χ1v) is 14.7. The van der Waals surface area contributed by atoms with Crippen molar-refractivity contribution in [3.05, 3.63) is 89.4 Å². The van der Waals surface area contributed by atoms with Crippen molar-refractivity contribution in [2.45, 2.75) is 79.2 Å². The average Bonchev–Trinajstić information content (AvgIpc) is 3.43. The monoisotopic (exact) mass is 661 g/mol. The highest BCUT2D eigenvalue weighted by atomic mass is 127. The number of furan rings is 1. The summed E-state index contributed by atoms with van der Waals surface area (Å²) >= 11 is 0. The molecule has 2 aliphatic rings. The second-order valence-corrected chi connectivity index (χ2v) is 13.5. The van der Waals surface area contributed by atoms with Gasteiger partial charge in [0.1, 0.15) is 17.2 Å². The molecule has 0 aliphatic carbocycles. The van der Waals surface area contributed by atoms with Gasteiger partial charge in [0, 0.05) is 23.3 Å². The number of nitrogens with one attached hydrogen (secondary N) is 1. The second-order valence-electron chi connectivity index (χ2n) is 13.5. The molecule has 7 rings (SSSR count). The number of aryl methyl sites for hydroxylation is 1. The van der Waals surface area contributed by atoms with Crippen molar-refractivity contribution in [2.24, 2.45) is 12.5 Å². The van der Waals surface area contributed by atoms with E-state index in [-0.39, 0.29) is 41.1 Å². The molecule has 0 spiro atoms. The fourth-order valence-electron chi connectivity index (χ4n) is 8.34. The smallest absolute Gasteiger partial charge is 0.332 e. The molecule has 2 aliphatic heterocycles. The molecule has 214 valence electrons. The Balaban J connectivity index is 0.00000302. The molecule has 3 aromatic carbocycles. The fraction of sp³-hybridized carbons (Fsp3) is 0.400. The molecular formula is C35H42IN4O+. The first-order valence-electron chi connectivity index (χ1n) is 14.7. The zero-order chi connectivity index (χ0) is 28.3. The molecular weight excluding hydrogens is 619 g/mol. The number of aromatic nitrogens is 2. The van der Waals surface area contributed by atoms with E-state index in [0.717, 1.165) is 11.2 Å². The predicted molar refractivity (Wildman–Crippen MR) is 162 cm³/mol. The lowest BCUT2D eigenvalue weighted by Crippen LogP contribution is -3.26. The van der Waals surface area contributed by atoms with Crippen LogP contribution in [0.5, 0.6) is 0 Å². The molecule has 1 N–H and O–H groups in total. The van der Waals surface area contributed by atoms with E-state index in [2.05, 4.69) is 143 Å². The van der Waals surface area contributed by atoms with Gasteiger partial charge < -0.3 is 33.3 Å². The van der Waals surface area contributed by atoms with Crippen molar-refractivity contribution in [2.75, 3.05) is 4.90 Å². The fourth-order valence-corrected chi connectivity index (χ4v) is 8.34. The molecule has 6 heteroatoms. The van der Waals surface area contributed by atoms with E-state index in [9.17, 15) is 0 Å². The molecule has 2 aromatic heterocycles. The highest BCUT2D eigenvalue weighted by molar-refractivity contribution is 6.07. The normalized spacial score (nSPS) is 21.2. The predicted octanol–water partition coefficient (Wildman–Crippen LogP) is 3.79. The molecule has 1 saturated heterocycles. The summed E-state index contributed by atoms with van der Waals surface area (Å²) in [6.45, 7) is 18.8. The highest BCUT2D eigenvalue weighted by Crippen LogP contribution is 2.56. The number of hydrogen-bond acceptors (Lipinski definition) is 2. The quantitative estimate of drug-likeness (QED) is 0.235. The Morgan fingerprint density at radius 1 is 0.951 bits per heavy atom. The maximum absolute atomic E-state index is 6.39. The molecule has 3 atom stereocenters. The van der Waals surface area contributed by atoms with Gasteiger partial charge >= 0.3 is 5.82 Å². The molecule has 4 heterocycles. The topological polar surface area (TPSA) is 29.6 Å². The van der Waals surface area contributed by atoms with E-state index in [1.54, 1.807) is 4.90 Å². The zero-order valence-corrected chi connectivity index (χ0v) is 27.9. The zero-order valence-electron chi connectivity index (χ0n) is 25.7. The van der Waals surface area contributed by atoms with Crippen molar-refractivity contribution in [1.82, 2.24) is 4.57 Å². The Labute approximate surface area is 260 Å². The minimum atomic E-state index is -0.306. The average molecular weight is 662 g/mol. The molecule has 0 radical (unpaired) electrons. The molecule has 2 bridgehead atoms. The van der Waals surface area contributed by atoms with Crippen LogP contribution in [0.25, 0.3) is 21.9 Å². The van der Waals surface area contributed by atoms with Crippen LogP contribution in [-0.2, 0) is 12.6 Å². The summed E-state index contributed by atoms with van der Waals surface area (Å²) in [5.41, 5.74) is 7.15. The highest BCUT2D eigenvalue weighted by Gasteiger charge is 2.71. The number of imidazole rings is 1. The SMILES string of the molecule is Cc1ccc2oc3ccccc3c2c1C(C)(C)N1c2ccccc2[C@@H]2[NH+](c3c[n+](C(C)C)c(C)n3C)C1C2(C)C.[I-]. The summed E-state index contributed by atoms with van der Waals surface area (Å²) in [6, 6.07) is 22.8. The molecule has 2 unspecified atom stereocenters. The molecule has 5 nitrogen and oxygen atoms in total. The number of fused-ring (bicyclic) bond motifs is 7. The van der Waals surface area contributed by atoms with Gasteiger partial charge in [-0.3, -0.25) is 0 Å². The summed E-state index contributed by atoms with van der Waals surface area (Å²) < 4.78 is 11.2. The Hall–Kier alpha value is -2.84. The van der Waals surface area contributed by atoms with Crippen LogP contribution < -0.4 is 38.3 Å². The van der Waals surface area contributed by atoms with Gasteiger partial charge in [-0.15, -0.1) is 0 Å². The van der Waals surface area contributed by atoms with Gasteiger partial charge in [-0.1, -0.05) is 42.5 Å². The van der Waals surface area contributed by atoms with E-state index >= 15 is 0 Å². The molecule has 1 fully saturated rings. The number of hydrogen-bond donors (Lipinski definition) is 1. The third kappa shape index (κ3) is 3.65. The minimum absolute atomic E-state index is 0. The third-order valence-electron chi connectivity index (χ3n) is 10.1. The number of anilines is 1. The lowest BCUT2D eigenvalue weighted by molar-refractivity contribution is -0.974. The Morgan fingerprint density at radius 3 is 2.34 bits per heavy atom. The van der Waals surface area contributed by atoms with Crippen molar-refractivity contribution in [3.63, 3.8) is 0 Å². The van der Waals surface area contributed by atoms with Crippen molar-refractivity contribution in [3.8, 4) is 0 Å². The van der Waals surface area contributed by atoms with Gasteiger partial charge in [0.2, 0.25) is 0 Å². The Morgan fingerprint density at radius 2 is 1.63 bits per heavy atom. The standard InChI is InChI=1S/C35H41N4O.HI/c1-21(2)37-20-29(36(9)23(37)4)38-32-24-14-10-12-16-26(24)39(33(38)34(32,5)6)35(7,8)31-22(3)18-19-28-30(31)25-15-11-13-17-27(25)40-28;/h10-21,32-33H,1-9H3;1H/q+1;/t32-,33?;/m0./s1. The molecule has 0 saturated carbocycles. The number of halogens is 1. The van der Waals surface area contributed by atoms with Crippen LogP contribution >= 0.6 is 0 Å². The maximum atomic E-state index is 6.39. The van der Waals surface area contributed by atoms with Crippen LogP contribution in [0.4, 0.5) is 11.5 Å². The summed E-state index contributed by atoms with van der Waals surface area (Å²) in [5.74, 6) is 2.66. The Bertz CT molecular complexity index is 1810. The van der Waals surface area contributed by atoms with Gasteiger partial charge in [0.05, 0.1) is 29.7 Å². The summed E-state index contributed by atoms with van der Waals surface area (Å²) in [4.78, 5) is 4.30. The van der Waals surface area contributed by atoms with Crippen LogP contribution in [0, 0.1) is 19.3 Å². The number of benzene rings is 3. The number of para-hydroxylation sites is 2. The van der Waals surface area contributed by atoms with Crippen molar-refractivity contribution >= 4 is 33.4 Å². The molecule has 5 aromatic rings. The lowest BCUT2D eigenvalue weighted by Gasteiger charge is -2.66. The maximum Gasteiger partial charge on any atom is 0.332 e. The van der Waals surface area contributed by atoms with Gasteiger partial charge in [-0.2, -0.15) is 4.57 Å². The van der Waals surface area contributed by atoms with Gasteiger partial charge in [-0.25, -0.2) is 9.47 Å². The van der Waals surface area contributed by atoms with E-state index in [4.69, 9.17) is 4.42 Å². The van der Waals surface area contributed by atoms with Crippen LogP contribution in [0.15, 0.2) is 71.3 Å². The lowest BCUT2D eigenvalue weighted by atomic mass is 9.63. The first kappa shape index (κ1) is 28.3. The second kappa shape index (κ2) is 9.33. The molecule has 0 amide bonds. The summed E-state index contributed by atoms with van der Waals surface area (Å²) in [6.07, 6.45) is 2.67. The Kier molecular flexibility index (Phi) is 6.44. The van der Waals surface area contributed by atoms with E-state index < -0.39 is 0 Å². The van der Waals surface area contributed by atoms with Crippen LogP contribution in [-0.4, -0.2) is 10.7 Å². The first-order chi connectivity index (χ1) is 19.0. The van der Waals surface area contributed by atoms with Crippen LogP contribution in [0.1, 0.15) is 76.1 Å². The number of quaternary nitrogens is 1. The summed E-state index contributed by atoms with van der Waals surface area (Å²) in [7, 11) is 2.24. The number of nitrogens with zero attached hydrogens (tertiary/aromatic N) is 3. The van der Waals surface area contributed by atoms with Gasteiger partial charge in [-0.05, 0) is 77.8 Å². The summed E-state index contributed by atoms with van der Waals surface area (Å²) in [5, 5.41) is 2.44. The van der Waals surface area contributed by atoms with Gasteiger partial charge in [0.25, 0.3) is 5.82 Å². The largest absolute Gasteiger partial charge is 1.00 e. The van der Waals surface area contributed by atoms with E-state index in [0.29, 0.717) is 12.1 Å².